The van der Waals surface area contributed by atoms with Crippen LogP contribution < -0.4 is 5.32 Å². The first-order chi connectivity index (χ1) is 16.4. The van der Waals surface area contributed by atoms with E-state index in [-0.39, 0.29) is 17.6 Å². The Balaban J connectivity index is 1.32. The van der Waals surface area contributed by atoms with Crippen LogP contribution in [-0.2, 0) is 10.0 Å². The van der Waals surface area contributed by atoms with Gasteiger partial charge in [-0.25, -0.2) is 17.2 Å². The molecule has 0 spiro atoms. The average Bonchev–Trinajstić information content (AvgIpc) is 3.41. The van der Waals surface area contributed by atoms with E-state index in [9.17, 15) is 13.2 Å². The predicted octanol–water partition coefficient (Wildman–Crippen LogP) is 3.08. The van der Waals surface area contributed by atoms with Crippen LogP contribution >= 0.6 is 0 Å². The maximum Gasteiger partial charge on any atom is 0.259 e. The van der Waals surface area contributed by atoms with E-state index < -0.39 is 10.0 Å². The van der Waals surface area contributed by atoms with Gasteiger partial charge in [0.05, 0.1) is 28.9 Å². The third kappa shape index (κ3) is 4.08. The van der Waals surface area contributed by atoms with Crippen LogP contribution in [0.3, 0.4) is 0 Å². The summed E-state index contributed by atoms with van der Waals surface area (Å²) < 4.78 is 32.8. The maximum absolute atomic E-state index is 12.9. The number of pyridine rings is 1. The van der Waals surface area contributed by atoms with E-state index in [4.69, 9.17) is 4.52 Å². The van der Waals surface area contributed by atoms with Crippen molar-refractivity contribution in [3.63, 3.8) is 0 Å². The first-order valence-corrected chi connectivity index (χ1v) is 12.6. The topological polar surface area (TPSA) is 123 Å². The minimum Gasteiger partial charge on any atom is -0.339 e. The molecule has 176 valence electrons. The smallest absolute Gasteiger partial charge is 0.259 e. The van der Waals surface area contributed by atoms with Gasteiger partial charge in [0.25, 0.3) is 5.91 Å². The molecule has 1 aliphatic rings. The van der Waals surface area contributed by atoms with Gasteiger partial charge in [-0.3, -0.25) is 4.79 Å². The number of carbonyl (C=O) groups excluding carboxylic acids is 1. The standard InChI is InChI=1S/C23H24N6O4S/c1-3-10-34(31,32)28-13-17(14-28)23-26-21(27-33-23)16-8-7-15(2)19(11-16)25-22(30)18-12-24-29-9-5-4-6-20(18)29/h4-9,11-12,17H,3,10,13-14H2,1-2H3,(H,25,30). The third-order valence-corrected chi connectivity index (χ3v) is 7.92. The Hall–Kier alpha value is -3.57. The molecule has 34 heavy (non-hydrogen) atoms. The van der Waals surface area contributed by atoms with Crippen molar-refractivity contribution in [3.8, 4) is 11.4 Å². The van der Waals surface area contributed by atoms with Crippen molar-refractivity contribution in [2.24, 2.45) is 0 Å². The number of aromatic nitrogens is 4. The summed E-state index contributed by atoms with van der Waals surface area (Å²) in [7, 11) is -3.22. The van der Waals surface area contributed by atoms with Crippen molar-refractivity contribution in [3.05, 3.63) is 65.8 Å². The second kappa shape index (κ2) is 8.65. The van der Waals surface area contributed by atoms with Gasteiger partial charge in [0.15, 0.2) is 0 Å². The normalized spacial score (nSPS) is 14.9. The number of nitrogens with one attached hydrogen (secondary N) is 1. The molecule has 1 fully saturated rings. The monoisotopic (exact) mass is 480 g/mol. The van der Waals surface area contributed by atoms with Crippen molar-refractivity contribution in [2.45, 2.75) is 26.2 Å². The summed E-state index contributed by atoms with van der Waals surface area (Å²) in [5, 5.41) is 11.2. The molecule has 5 rings (SSSR count). The van der Waals surface area contributed by atoms with Gasteiger partial charge in [-0.15, -0.1) is 0 Å². The average molecular weight is 481 g/mol. The van der Waals surface area contributed by atoms with E-state index in [1.54, 1.807) is 16.8 Å². The van der Waals surface area contributed by atoms with Crippen LogP contribution in [0.15, 0.2) is 53.3 Å². The number of anilines is 1. The Morgan fingerprint density at radius 2 is 2.06 bits per heavy atom. The number of fused-ring (bicyclic) bond motifs is 1. The van der Waals surface area contributed by atoms with Gasteiger partial charge in [-0.2, -0.15) is 10.1 Å². The van der Waals surface area contributed by atoms with Gasteiger partial charge in [0.2, 0.25) is 21.7 Å². The summed E-state index contributed by atoms with van der Waals surface area (Å²) in [6.45, 7) is 4.43. The van der Waals surface area contributed by atoms with Gasteiger partial charge >= 0.3 is 0 Å². The molecule has 4 aromatic rings. The number of hydrogen-bond donors (Lipinski definition) is 1. The zero-order valence-corrected chi connectivity index (χ0v) is 19.6. The molecule has 0 radical (unpaired) electrons. The molecule has 1 aromatic carbocycles. The van der Waals surface area contributed by atoms with E-state index in [1.165, 1.54) is 10.5 Å². The largest absolute Gasteiger partial charge is 0.339 e. The zero-order chi connectivity index (χ0) is 23.9. The molecule has 10 nitrogen and oxygen atoms in total. The van der Waals surface area contributed by atoms with Crippen LogP contribution in [0.2, 0.25) is 0 Å². The molecule has 0 aliphatic carbocycles. The minimum atomic E-state index is -3.22. The Labute approximate surface area is 196 Å². The van der Waals surface area contributed by atoms with Gasteiger partial charge in [-0.05, 0) is 37.1 Å². The highest BCUT2D eigenvalue weighted by atomic mass is 32.2. The number of amides is 1. The molecular formula is C23H24N6O4S. The summed E-state index contributed by atoms with van der Waals surface area (Å²) >= 11 is 0. The number of benzene rings is 1. The first kappa shape index (κ1) is 22.2. The van der Waals surface area contributed by atoms with Gasteiger partial charge in [0, 0.05) is 30.5 Å². The molecule has 0 unspecified atom stereocenters. The molecular weight excluding hydrogens is 456 g/mol. The fourth-order valence-corrected chi connectivity index (χ4v) is 5.51. The molecule has 1 saturated heterocycles. The summed E-state index contributed by atoms with van der Waals surface area (Å²) in [6, 6.07) is 11.1. The molecule has 0 saturated carbocycles. The molecule has 0 bridgehead atoms. The number of carbonyl (C=O) groups is 1. The van der Waals surface area contributed by atoms with E-state index in [0.717, 1.165) is 5.56 Å². The van der Waals surface area contributed by atoms with Gasteiger partial charge < -0.3 is 9.84 Å². The second-order valence-electron chi connectivity index (χ2n) is 8.36. The lowest BCUT2D eigenvalue weighted by Gasteiger charge is -2.35. The summed E-state index contributed by atoms with van der Waals surface area (Å²) in [5.41, 5.74) is 3.38. The molecule has 1 N–H and O–H groups in total. The minimum absolute atomic E-state index is 0.117. The summed E-state index contributed by atoms with van der Waals surface area (Å²) in [4.78, 5) is 17.4. The Morgan fingerprint density at radius 1 is 1.24 bits per heavy atom. The van der Waals surface area contributed by atoms with Gasteiger partial charge in [-0.1, -0.05) is 30.3 Å². The number of nitrogens with zero attached hydrogens (tertiary/aromatic N) is 5. The first-order valence-electron chi connectivity index (χ1n) is 11.0. The fraction of sp³-hybridized carbons (Fsp3) is 0.304. The quantitative estimate of drug-likeness (QED) is 0.431. The number of rotatable bonds is 7. The SMILES string of the molecule is CCCS(=O)(=O)N1CC(c2nc(-c3ccc(C)c(NC(=O)c4cnn5ccccc45)c3)no2)C1. The molecule has 4 heterocycles. The summed E-state index contributed by atoms with van der Waals surface area (Å²) in [6.07, 6.45) is 3.90. The fourth-order valence-electron chi connectivity index (χ4n) is 3.92. The number of sulfonamides is 1. The van der Waals surface area contributed by atoms with Crippen LogP contribution in [0.25, 0.3) is 16.9 Å². The van der Waals surface area contributed by atoms with Crippen LogP contribution in [0.5, 0.6) is 0 Å². The third-order valence-electron chi connectivity index (χ3n) is 5.91. The van der Waals surface area contributed by atoms with Crippen molar-refractivity contribution in [2.75, 3.05) is 24.2 Å². The van der Waals surface area contributed by atoms with E-state index in [0.29, 0.717) is 53.6 Å². The highest BCUT2D eigenvalue weighted by Gasteiger charge is 2.39. The second-order valence-corrected chi connectivity index (χ2v) is 10.4. The highest BCUT2D eigenvalue weighted by molar-refractivity contribution is 7.89. The molecule has 0 atom stereocenters. The zero-order valence-electron chi connectivity index (χ0n) is 18.8. The van der Waals surface area contributed by atoms with E-state index in [1.807, 2.05) is 44.2 Å². The Bertz CT molecular complexity index is 1470. The lowest BCUT2D eigenvalue weighted by atomic mass is 10.0. The molecule has 1 amide bonds. The number of aryl methyl sites for hydroxylation is 1. The van der Waals surface area contributed by atoms with Crippen LogP contribution in [0.4, 0.5) is 5.69 Å². The predicted molar refractivity (Wildman–Crippen MR) is 126 cm³/mol. The lowest BCUT2D eigenvalue weighted by Crippen LogP contribution is -2.49. The van der Waals surface area contributed by atoms with Crippen molar-refractivity contribution >= 4 is 27.1 Å². The molecule has 1 aliphatic heterocycles. The molecule has 11 heteroatoms. The van der Waals surface area contributed by atoms with Crippen LogP contribution in [0.1, 0.15) is 41.1 Å². The highest BCUT2D eigenvalue weighted by Crippen LogP contribution is 2.31. The van der Waals surface area contributed by atoms with Crippen LogP contribution in [0, 0.1) is 6.92 Å². The number of hydrogen-bond acceptors (Lipinski definition) is 7. The van der Waals surface area contributed by atoms with E-state index in [2.05, 4.69) is 20.6 Å². The van der Waals surface area contributed by atoms with Crippen LogP contribution in [-0.4, -0.2) is 57.2 Å². The van der Waals surface area contributed by atoms with Crippen molar-refractivity contribution in [1.82, 2.24) is 24.1 Å². The molecule has 3 aromatic heterocycles. The van der Waals surface area contributed by atoms with Crippen molar-refractivity contribution < 1.29 is 17.7 Å². The Kier molecular flexibility index (Phi) is 5.66. The lowest BCUT2D eigenvalue weighted by molar-refractivity contribution is 0.102. The maximum atomic E-state index is 12.9. The van der Waals surface area contributed by atoms with E-state index >= 15 is 0 Å². The Morgan fingerprint density at radius 3 is 2.85 bits per heavy atom. The summed E-state index contributed by atoms with van der Waals surface area (Å²) in [5.74, 6) is 0.556. The van der Waals surface area contributed by atoms with Crippen molar-refractivity contribution in [1.29, 1.82) is 0 Å². The van der Waals surface area contributed by atoms with Gasteiger partial charge in [0.1, 0.15) is 0 Å².